The van der Waals surface area contributed by atoms with Gasteiger partial charge in [0.05, 0.1) is 21.5 Å². The van der Waals surface area contributed by atoms with Gasteiger partial charge in [0.2, 0.25) is 0 Å². The lowest BCUT2D eigenvalue weighted by molar-refractivity contribution is 0.272. The molecule has 0 saturated carbocycles. The smallest absolute Gasteiger partial charge is 0.148 e. The summed E-state index contributed by atoms with van der Waals surface area (Å²) in [5, 5.41) is 1.31. The Morgan fingerprint density at radius 1 is 1.10 bits per heavy atom. The maximum atomic E-state index is 11.2. The maximum Gasteiger partial charge on any atom is 0.148 e. The maximum absolute atomic E-state index is 11.2. The van der Waals surface area contributed by atoms with E-state index in [1.54, 1.807) is 0 Å². The molecule has 0 aromatic heterocycles. The summed E-state index contributed by atoms with van der Waals surface area (Å²) < 4.78 is 22.4. The molecule has 0 aliphatic carbocycles. The largest absolute Gasteiger partial charge is 0.367 e. The van der Waals surface area contributed by atoms with Crippen molar-refractivity contribution in [2.24, 2.45) is 0 Å². The number of hydrogen-bond acceptors (Lipinski definition) is 4. The second-order valence-corrected chi connectivity index (χ2v) is 8.10. The predicted molar refractivity (Wildman–Crippen MR) is 84.8 cm³/mol. The minimum Gasteiger partial charge on any atom is -0.367 e. The molecule has 0 radical (unpaired) electrons. The standard InChI is InChI=1S/C13H18Cl2N2O2S/c1-20(18,19)10-9-16-5-7-17(8-6-16)13-11(14)3-2-4-12(13)15/h2-4H,5-10H2,1H3. The van der Waals surface area contributed by atoms with Gasteiger partial charge in [-0.2, -0.15) is 0 Å². The first-order valence-corrected chi connectivity index (χ1v) is 9.27. The molecule has 20 heavy (non-hydrogen) atoms. The average molecular weight is 337 g/mol. The van der Waals surface area contributed by atoms with Crippen molar-refractivity contribution in [3.63, 3.8) is 0 Å². The van der Waals surface area contributed by atoms with Crippen molar-refractivity contribution in [1.29, 1.82) is 0 Å². The number of hydrogen-bond donors (Lipinski definition) is 0. The number of anilines is 1. The Morgan fingerprint density at radius 2 is 1.65 bits per heavy atom. The minimum atomic E-state index is -2.90. The number of para-hydroxylation sites is 1. The third kappa shape index (κ3) is 4.25. The van der Waals surface area contributed by atoms with Crippen LogP contribution in [0.1, 0.15) is 0 Å². The van der Waals surface area contributed by atoms with Crippen molar-refractivity contribution in [2.75, 3.05) is 49.6 Å². The third-order valence-corrected chi connectivity index (χ3v) is 4.94. The van der Waals surface area contributed by atoms with Crippen LogP contribution in [0.2, 0.25) is 10.0 Å². The van der Waals surface area contributed by atoms with Crippen molar-refractivity contribution in [1.82, 2.24) is 4.90 Å². The summed E-state index contributed by atoms with van der Waals surface area (Å²) in [6.07, 6.45) is 1.27. The van der Waals surface area contributed by atoms with E-state index in [0.717, 1.165) is 31.9 Å². The Kier molecular flexibility index (Phi) is 5.18. The highest BCUT2D eigenvalue weighted by atomic mass is 35.5. The first-order chi connectivity index (χ1) is 9.37. The molecule has 0 unspecified atom stereocenters. The van der Waals surface area contributed by atoms with Crippen LogP contribution in [-0.2, 0) is 9.84 Å². The van der Waals surface area contributed by atoms with Gasteiger partial charge in [-0.1, -0.05) is 29.3 Å². The van der Waals surface area contributed by atoms with Gasteiger partial charge in [0.25, 0.3) is 0 Å². The van der Waals surface area contributed by atoms with Crippen molar-refractivity contribution in [3.8, 4) is 0 Å². The number of rotatable bonds is 4. The van der Waals surface area contributed by atoms with E-state index in [2.05, 4.69) is 9.80 Å². The van der Waals surface area contributed by atoms with Gasteiger partial charge in [-0.25, -0.2) is 8.42 Å². The molecule has 0 spiro atoms. The first-order valence-electron chi connectivity index (χ1n) is 6.46. The molecule has 0 atom stereocenters. The van der Waals surface area contributed by atoms with E-state index in [1.165, 1.54) is 6.26 Å². The molecule has 112 valence electrons. The lowest BCUT2D eigenvalue weighted by Crippen LogP contribution is -2.47. The van der Waals surface area contributed by atoms with Gasteiger partial charge in [-0.15, -0.1) is 0 Å². The van der Waals surface area contributed by atoms with Crippen molar-refractivity contribution >= 4 is 38.7 Å². The van der Waals surface area contributed by atoms with Gasteiger partial charge in [0.1, 0.15) is 9.84 Å². The van der Waals surface area contributed by atoms with Crippen LogP contribution in [0, 0.1) is 0 Å². The fraction of sp³-hybridized carbons (Fsp3) is 0.538. The van der Waals surface area contributed by atoms with E-state index >= 15 is 0 Å². The van der Waals surface area contributed by atoms with Crippen molar-refractivity contribution < 1.29 is 8.42 Å². The van der Waals surface area contributed by atoms with Gasteiger partial charge in [-0.3, -0.25) is 4.90 Å². The molecule has 4 nitrogen and oxygen atoms in total. The van der Waals surface area contributed by atoms with Crippen LogP contribution in [0.3, 0.4) is 0 Å². The number of nitrogens with zero attached hydrogens (tertiary/aromatic N) is 2. The normalized spacial score (nSPS) is 17.4. The average Bonchev–Trinajstić information content (AvgIpc) is 2.37. The molecular weight excluding hydrogens is 319 g/mol. The van der Waals surface area contributed by atoms with Crippen LogP contribution < -0.4 is 4.90 Å². The highest BCUT2D eigenvalue weighted by molar-refractivity contribution is 7.90. The minimum absolute atomic E-state index is 0.208. The van der Waals surface area contributed by atoms with Gasteiger partial charge >= 0.3 is 0 Å². The van der Waals surface area contributed by atoms with Gasteiger partial charge in [0, 0.05) is 39.0 Å². The number of piperazine rings is 1. The van der Waals surface area contributed by atoms with Crippen LogP contribution in [0.5, 0.6) is 0 Å². The molecule has 0 amide bonds. The molecular formula is C13H18Cl2N2O2S. The summed E-state index contributed by atoms with van der Waals surface area (Å²) in [6.45, 7) is 3.82. The van der Waals surface area contributed by atoms with E-state index in [0.29, 0.717) is 16.6 Å². The molecule has 2 rings (SSSR count). The van der Waals surface area contributed by atoms with Gasteiger partial charge in [-0.05, 0) is 12.1 Å². The number of sulfone groups is 1. The topological polar surface area (TPSA) is 40.6 Å². The zero-order valence-corrected chi connectivity index (χ0v) is 13.7. The fourth-order valence-corrected chi connectivity index (χ4v) is 3.51. The molecule has 0 bridgehead atoms. The molecule has 1 heterocycles. The molecule has 1 saturated heterocycles. The van der Waals surface area contributed by atoms with Crippen LogP contribution in [-0.4, -0.2) is 58.1 Å². The molecule has 1 aliphatic rings. The summed E-state index contributed by atoms with van der Waals surface area (Å²) in [6, 6.07) is 5.49. The Hall–Kier alpha value is -0.490. The molecule has 7 heteroatoms. The molecule has 0 N–H and O–H groups in total. The number of benzene rings is 1. The van der Waals surface area contributed by atoms with Crippen LogP contribution in [0.4, 0.5) is 5.69 Å². The second-order valence-electron chi connectivity index (χ2n) is 5.03. The summed E-state index contributed by atoms with van der Waals surface area (Å²) in [5.74, 6) is 0.208. The zero-order chi connectivity index (χ0) is 14.8. The molecule has 1 aromatic carbocycles. The molecule has 1 aliphatic heterocycles. The predicted octanol–water partition coefficient (Wildman–Crippen LogP) is 2.16. The summed E-state index contributed by atoms with van der Waals surface area (Å²) in [4.78, 5) is 4.31. The fourth-order valence-electron chi connectivity index (χ4n) is 2.28. The van der Waals surface area contributed by atoms with Gasteiger partial charge < -0.3 is 4.90 Å². The third-order valence-electron chi connectivity index (χ3n) is 3.40. The Bertz CT molecular complexity index is 549. The second kappa shape index (κ2) is 6.52. The van der Waals surface area contributed by atoms with E-state index in [9.17, 15) is 8.42 Å². The Balaban J connectivity index is 1.94. The van der Waals surface area contributed by atoms with Crippen LogP contribution in [0.25, 0.3) is 0 Å². The monoisotopic (exact) mass is 336 g/mol. The summed E-state index contributed by atoms with van der Waals surface area (Å²) >= 11 is 12.4. The lowest BCUT2D eigenvalue weighted by Gasteiger charge is -2.36. The highest BCUT2D eigenvalue weighted by Crippen LogP contribution is 2.33. The first kappa shape index (κ1) is 15.9. The summed E-state index contributed by atoms with van der Waals surface area (Å²) in [7, 11) is -2.90. The van der Waals surface area contributed by atoms with Crippen molar-refractivity contribution in [3.05, 3.63) is 28.2 Å². The van der Waals surface area contributed by atoms with E-state index in [4.69, 9.17) is 23.2 Å². The van der Waals surface area contributed by atoms with Crippen LogP contribution >= 0.6 is 23.2 Å². The lowest BCUT2D eigenvalue weighted by atomic mass is 10.2. The van der Waals surface area contributed by atoms with E-state index in [1.807, 2.05) is 18.2 Å². The van der Waals surface area contributed by atoms with Gasteiger partial charge in [0.15, 0.2) is 0 Å². The molecule has 1 aromatic rings. The SMILES string of the molecule is CS(=O)(=O)CCN1CCN(c2c(Cl)cccc2Cl)CC1. The van der Waals surface area contributed by atoms with Crippen LogP contribution in [0.15, 0.2) is 18.2 Å². The zero-order valence-electron chi connectivity index (χ0n) is 11.3. The summed E-state index contributed by atoms with van der Waals surface area (Å²) in [5.41, 5.74) is 0.874. The Morgan fingerprint density at radius 3 is 2.15 bits per heavy atom. The molecule has 1 fully saturated rings. The quantitative estimate of drug-likeness (QED) is 0.844. The Labute approximate surface area is 130 Å². The highest BCUT2D eigenvalue weighted by Gasteiger charge is 2.21. The van der Waals surface area contributed by atoms with Crippen molar-refractivity contribution in [2.45, 2.75) is 0 Å². The van der Waals surface area contributed by atoms with E-state index < -0.39 is 9.84 Å². The van der Waals surface area contributed by atoms with E-state index in [-0.39, 0.29) is 5.75 Å². The number of halogens is 2.